The molecule has 1 aromatic heterocycles. The number of ether oxygens (including phenoxy) is 1. The predicted octanol–water partition coefficient (Wildman–Crippen LogP) is 4.80. The number of aromatic nitrogens is 1. The molecule has 0 spiro atoms. The highest BCUT2D eigenvalue weighted by Gasteiger charge is 2.31. The molecule has 1 aliphatic rings. The standard InChI is InChI=1S/C17H16ClF3N2O/c18-14-3-1-2-4-15(14)24-13-6-9-23(10-7-13)16-11-12(5-8-22-16)17(19,20)21/h1-5,8,11,13H,6-7,9-10H2. The number of benzene rings is 1. The number of halogens is 4. The maximum atomic E-state index is 12.8. The van der Waals surface area contributed by atoms with E-state index in [2.05, 4.69) is 4.98 Å². The van der Waals surface area contributed by atoms with E-state index in [0.717, 1.165) is 12.1 Å². The van der Waals surface area contributed by atoms with Crippen LogP contribution in [0.25, 0.3) is 0 Å². The van der Waals surface area contributed by atoms with E-state index in [4.69, 9.17) is 16.3 Å². The number of para-hydroxylation sites is 1. The lowest BCUT2D eigenvalue weighted by Crippen LogP contribution is -2.38. The molecule has 3 rings (SSSR count). The van der Waals surface area contributed by atoms with Crippen molar-refractivity contribution in [3.63, 3.8) is 0 Å². The topological polar surface area (TPSA) is 25.4 Å². The molecule has 128 valence electrons. The Morgan fingerprint density at radius 1 is 1.12 bits per heavy atom. The fourth-order valence-electron chi connectivity index (χ4n) is 2.69. The summed E-state index contributed by atoms with van der Waals surface area (Å²) in [5, 5.41) is 0.555. The van der Waals surface area contributed by atoms with Crippen LogP contribution in [0, 0.1) is 0 Å². The van der Waals surface area contributed by atoms with E-state index < -0.39 is 11.7 Å². The number of pyridine rings is 1. The van der Waals surface area contributed by atoms with Crippen molar-refractivity contribution in [2.24, 2.45) is 0 Å². The second-order valence-electron chi connectivity index (χ2n) is 5.64. The van der Waals surface area contributed by atoms with Crippen LogP contribution in [0.5, 0.6) is 5.75 Å². The van der Waals surface area contributed by atoms with Crippen LogP contribution >= 0.6 is 11.6 Å². The van der Waals surface area contributed by atoms with Crippen LogP contribution in [-0.2, 0) is 6.18 Å². The molecule has 3 nitrogen and oxygen atoms in total. The minimum absolute atomic E-state index is 0.00745. The number of hydrogen-bond acceptors (Lipinski definition) is 3. The van der Waals surface area contributed by atoms with Gasteiger partial charge in [0, 0.05) is 32.1 Å². The second-order valence-corrected chi connectivity index (χ2v) is 6.04. The summed E-state index contributed by atoms with van der Waals surface area (Å²) < 4.78 is 44.3. The minimum Gasteiger partial charge on any atom is -0.489 e. The van der Waals surface area contributed by atoms with Gasteiger partial charge in [-0.1, -0.05) is 23.7 Å². The summed E-state index contributed by atoms with van der Waals surface area (Å²) in [6.45, 7) is 1.17. The maximum absolute atomic E-state index is 12.8. The van der Waals surface area contributed by atoms with Crippen LogP contribution in [0.1, 0.15) is 18.4 Å². The molecule has 0 aliphatic carbocycles. The van der Waals surface area contributed by atoms with Gasteiger partial charge in [0.05, 0.1) is 10.6 Å². The van der Waals surface area contributed by atoms with Gasteiger partial charge in [-0.15, -0.1) is 0 Å². The summed E-state index contributed by atoms with van der Waals surface area (Å²) in [7, 11) is 0. The van der Waals surface area contributed by atoms with E-state index in [0.29, 0.717) is 42.5 Å². The third-order valence-corrected chi connectivity index (χ3v) is 4.28. The summed E-state index contributed by atoms with van der Waals surface area (Å²) in [5.74, 6) is 0.982. The summed E-state index contributed by atoms with van der Waals surface area (Å²) in [5.41, 5.74) is -0.679. The van der Waals surface area contributed by atoms with E-state index in [1.54, 1.807) is 6.07 Å². The van der Waals surface area contributed by atoms with Crippen LogP contribution in [0.2, 0.25) is 5.02 Å². The molecule has 1 aliphatic heterocycles. The summed E-state index contributed by atoms with van der Waals surface area (Å²) >= 11 is 6.08. The first kappa shape index (κ1) is 16.9. The van der Waals surface area contributed by atoms with E-state index in [9.17, 15) is 13.2 Å². The van der Waals surface area contributed by atoms with Crippen LogP contribution in [0.3, 0.4) is 0 Å². The lowest BCUT2D eigenvalue weighted by molar-refractivity contribution is -0.137. The quantitative estimate of drug-likeness (QED) is 0.789. The van der Waals surface area contributed by atoms with Gasteiger partial charge in [-0.05, 0) is 24.3 Å². The molecule has 0 bridgehead atoms. The van der Waals surface area contributed by atoms with Crippen LogP contribution in [0.4, 0.5) is 19.0 Å². The molecule has 0 saturated carbocycles. The Bertz CT molecular complexity index is 700. The Balaban J connectivity index is 1.62. The molecule has 2 aromatic rings. The molecule has 1 saturated heterocycles. The van der Waals surface area contributed by atoms with E-state index in [1.165, 1.54) is 6.20 Å². The molecule has 0 radical (unpaired) electrons. The third kappa shape index (κ3) is 3.93. The van der Waals surface area contributed by atoms with Crippen molar-refractivity contribution in [2.45, 2.75) is 25.1 Å². The molecule has 7 heteroatoms. The normalized spacial score (nSPS) is 16.2. The summed E-state index contributed by atoms with van der Waals surface area (Å²) in [6.07, 6.45) is -1.77. The van der Waals surface area contributed by atoms with Gasteiger partial charge in [0.2, 0.25) is 0 Å². The van der Waals surface area contributed by atoms with Crippen LogP contribution in [0.15, 0.2) is 42.6 Å². The molecule has 1 aromatic carbocycles. The van der Waals surface area contributed by atoms with Crippen molar-refractivity contribution in [1.82, 2.24) is 4.98 Å². The van der Waals surface area contributed by atoms with Crippen molar-refractivity contribution in [3.8, 4) is 5.75 Å². The lowest BCUT2D eigenvalue weighted by Gasteiger charge is -2.33. The lowest BCUT2D eigenvalue weighted by atomic mass is 10.1. The van der Waals surface area contributed by atoms with Crippen molar-refractivity contribution in [3.05, 3.63) is 53.2 Å². The summed E-state index contributed by atoms with van der Waals surface area (Å²) in [6, 6.07) is 9.33. The van der Waals surface area contributed by atoms with Crippen LogP contribution < -0.4 is 9.64 Å². The van der Waals surface area contributed by atoms with Gasteiger partial charge in [-0.25, -0.2) is 4.98 Å². The van der Waals surface area contributed by atoms with E-state index >= 15 is 0 Å². The first-order valence-electron chi connectivity index (χ1n) is 7.63. The molecule has 2 heterocycles. The Labute approximate surface area is 143 Å². The zero-order valence-electron chi connectivity index (χ0n) is 12.8. The highest BCUT2D eigenvalue weighted by Crippen LogP contribution is 2.32. The molecule has 0 unspecified atom stereocenters. The number of hydrogen-bond donors (Lipinski definition) is 0. The average molecular weight is 357 g/mol. The Morgan fingerprint density at radius 3 is 2.50 bits per heavy atom. The average Bonchev–Trinajstić information content (AvgIpc) is 2.57. The van der Waals surface area contributed by atoms with Gasteiger partial charge in [0.15, 0.2) is 0 Å². The molecular weight excluding hydrogens is 341 g/mol. The number of alkyl halides is 3. The summed E-state index contributed by atoms with van der Waals surface area (Å²) in [4.78, 5) is 5.91. The SMILES string of the molecule is FC(F)(F)c1ccnc(N2CCC(Oc3ccccc3Cl)CC2)c1. The molecule has 0 atom stereocenters. The minimum atomic E-state index is -4.36. The number of nitrogens with zero attached hydrogens (tertiary/aromatic N) is 2. The Morgan fingerprint density at radius 2 is 1.83 bits per heavy atom. The second kappa shape index (κ2) is 6.89. The number of anilines is 1. The van der Waals surface area contributed by atoms with Crippen molar-refractivity contribution >= 4 is 17.4 Å². The van der Waals surface area contributed by atoms with Crippen molar-refractivity contribution in [2.75, 3.05) is 18.0 Å². The monoisotopic (exact) mass is 356 g/mol. The highest BCUT2D eigenvalue weighted by atomic mass is 35.5. The fraction of sp³-hybridized carbons (Fsp3) is 0.353. The molecule has 0 N–H and O–H groups in total. The van der Waals surface area contributed by atoms with Gasteiger partial charge in [-0.3, -0.25) is 0 Å². The number of rotatable bonds is 3. The third-order valence-electron chi connectivity index (χ3n) is 3.97. The fourth-order valence-corrected chi connectivity index (χ4v) is 2.87. The van der Waals surface area contributed by atoms with Crippen molar-refractivity contribution in [1.29, 1.82) is 0 Å². The largest absolute Gasteiger partial charge is 0.489 e. The van der Waals surface area contributed by atoms with Gasteiger partial charge < -0.3 is 9.64 Å². The van der Waals surface area contributed by atoms with Gasteiger partial charge in [0.1, 0.15) is 17.7 Å². The van der Waals surface area contributed by atoms with Gasteiger partial charge in [0.25, 0.3) is 0 Å². The van der Waals surface area contributed by atoms with Crippen molar-refractivity contribution < 1.29 is 17.9 Å². The smallest absolute Gasteiger partial charge is 0.416 e. The highest BCUT2D eigenvalue weighted by molar-refractivity contribution is 6.32. The molecule has 24 heavy (non-hydrogen) atoms. The Hall–Kier alpha value is -1.95. The van der Waals surface area contributed by atoms with E-state index in [-0.39, 0.29) is 6.10 Å². The molecular formula is C17H16ClF3N2O. The van der Waals surface area contributed by atoms with Gasteiger partial charge >= 0.3 is 6.18 Å². The predicted molar refractivity (Wildman–Crippen MR) is 86.6 cm³/mol. The van der Waals surface area contributed by atoms with Gasteiger partial charge in [-0.2, -0.15) is 13.2 Å². The van der Waals surface area contributed by atoms with E-state index in [1.807, 2.05) is 23.1 Å². The molecule has 1 fully saturated rings. The maximum Gasteiger partial charge on any atom is 0.416 e. The molecule has 0 amide bonds. The zero-order valence-corrected chi connectivity index (χ0v) is 13.5. The van der Waals surface area contributed by atoms with Crippen LogP contribution in [-0.4, -0.2) is 24.2 Å². The first-order chi connectivity index (χ1) is 11.4. The zero-order chi connectivity index (χ0) is 17.2. The first-order valence-corrected chi connectivity index (χ1v) is 8.00. The number of piperidine rings is 1. The Kier molecular flexibility index (Phi) is 4.85.